The van der Waals surface area contributed by atoms with Gasteiger partial charge in [0.05, 0.1) is 0 Å². The monoisotopic (exact) mass is 216 g/mol. The van der Waals surface area contributed by atoms with Crippen LogP contribution in [0.5, 0.6) is 0 Å². The molecule has 8 heteroatoms. The zero-order valence-electron chi connectivity index (χ0n) is 5.89. The Morgan fingerprint density at radius 3 is 1.54 bits per heavy atom. The standard InChI is InChI=1S/C5H4F8/c6-1-2(7)3(8)4(9,10)5(11,12)13/h2-3H,1H2. The predicted octanol–water partition coefficient (Wildman–Crippen LogP) is 2.83. The van der Waals surface area contributed by atoms with Crippen molar-refractivity contribution in [1.29, 1.82) is 0 Å². The Morgan fingerprint density at radius 2 is 1.31 bits per heavy atom. The molecule has 0 heterocycles. The molecule has 0 fully saturated rings. The Bertz CT molecular complexity index is 160. The summed E-state index contributed by atoms with van der Waals surface area (Å²) in [5.41, 5.74) is 0. The van der Waals surface area contributed by atoms with Crippen LogP contribution in [-0.2, 0) is 0 Å². The third kappa shape index (κ3) is 2.44. The van der Waals surface area contributed by atoms with Gasteiger partial charge >= 0.3 is 12.1 Å². The van der Waals surface area contributed by atoms with Crippen LogP contribution in [0.3, 0.4) is 0 Å². The van der Waals surface area contributed by atoms with E-state index in [1.165, 1.54) is 0 Å². The number of hydrogen-bond donors (Lipinski definition) is 0. The highest BCUT2D eigenvalue weighted by atomic mass is 19.4. The predicted molar refractivity (Wildman–Crippen MR) is 26.8 cm³/mol. The van der Waals surface area contributed by atoms with Gasteiger partial charge in [0, 0.05) is 0 Å². The Hall–Kier alpha value is -0.560. The van der Waals surface area contributed by atoms with Gasteiger partial charge in [-0.1, -0.05) is 0 Å². The van der Waals surface area contributed by atoms with Crippen LogP contribution in [-0.4, -0.2) is 31.1 Å². The molecule has 0 nitrogen and oxygen atoms in total. The fourth-order valence-electron chi connectivity index (χ4n) is 0.462. The molecule has 0 aliphatic rings. The molecule has 0 bridgehead atoms. The molecular weight excluding hydrogens is 212 g/mol. The van der Waals surface area contributed by atoms with Gasteiger partial charge in [0.25, 0.3) is 0 Å². The molecule has 0 aromatic heterocycles. The average molecular weight is 216 g/mol. The van der Waals surface area contributed by atoms with Crippen LogP contribution < -0.4 is 0 Å². The molecule has 0 aromatic carbocycles. The second kappa shape index (κ2) is 3.67. The minimum atomic E-state index is -6.22. The summed E-state index contributed by atoms with van der Waals surface area (Å²) in [7, 11) is 0. The number of rotatable bonds is 3. The fraction of sp³-hybridized carbons (Fsp3) is 1.00. The van der Waals surface area contributed by atoms with Gasteiger partial charge in [0.1, 0.15) is 6.67 Å². The summed E-state index contributed by atoms with van der Waals surface area (Å²) in [6.45, 7) is -2.23. The largest absolute Gasteiger partial charge is 0.456 e. The van der Waals surface area contributed by atoms with Gasteiger partial charge < -0.3 is 0 Å². The summed E-state index contributed by atoms with van der Waals surface area (Å²) in [5.74, 6) is -5.86. The molecule has 0 aromatic rings. The molecule has 0 N–H and O–H groups in total. The van der Waals surface area contributed by atoms with Gasteiger partial charge in [-0.2, -0.15) is 22.0 Å². The minimum Gasteiger partial charge on any atom is -0.248 e. The quantitative estimate of drug-likeness (QED) is 0.636. The van der Waals surface area contributed by atoms with E-state index >= 15 is 0 Å². The van der Waals surface area contributed by atoms with E-state index in [1.54, 1.807) is 0 Å². The van der Waals surface area contributed by atoms with Crippen LogP contribution in [0.2, 0.25) is 0 Å². The molecule has 0 aliphatic carbocycles. The number of hydrogen-bond acceptors (Lipinski definition) is 0. The first kappa shape index (κ1) is 12.4. The lowest BCUT2D eigenvalue weighted by atomic mass is 10.1. The molecule has 0 saturated heterocycles. The van der Waals surface area contributed by atoms with Crippen molar-refractivity contribution in [2.75, 3.05) is 6.67 Å². The molecule has 2 unspecified atom stereocenters. The maximum atomic E-state index is 12.0. The molecule has 0 aliphatic heterocycles. The highest BCUT2D eigenvalue weighted by Gasteiger charge is 2.65. The van der Waals surface area contributed by atoms with Crippen LogP contribution in [0.1, 0.15) is 0 Å². The van der Waals surface area contributed by atoms with E-state index < -0.39 is 31.1 Å². The van der Waals surface area contributed by atoms with Gasteiger partial charge in [0.2, 0.25) is 6.17 Å². The maximum absolute atomic E-state index is 12.0. The Morgan fingerprint density at radius 1 is 0.923 bits per heavy atom. The lowest BCUT2D eigenvalue weighted by Gasteiger charge is -2.23. The van der Waals surface area contributed by atoms with E-state index in [0.717, 1.165) is 0 Å². The summed E-state index contributed by atoms with van der Waals surface area (Å²) in [6, 6.07) is 0. The summed E-state index contributed by atoms with van der Waals surface area (Å²) in [6.07, 6.45) is -13.9. The normalized spacial score (nSPS) is 18.5. The molecule has 0 amide bonds. The van der Waals surface area contributed by atoms with E-state index in [1.807, 2.05) is 0 Å². The van der Waals surface area contributed by atoms with Crippen LogP contribution in [0.15, 0.2) is 0 Å². The molecular formula is C5H4F8. The smallest absolute Gasteiger partial charge is 0.248 e. The summed E-state index contributed by atoms with van der Waals surface area (Å²) < 4.78 is 92.7. The van der Waals surface area contributed by atoms with Gasteiger partial charge in [-0.25, -0.2) is 13.2 Å². The summed E-state index contributed by atoms with van der Waals surface area (Å²) in [5, 5.41) is 0. The lowest BCUT2D eigenvalue weighted by molar-refractivity contribution is -0.309. The van der Waals surface area contributed by atoms with Gasteiger partial charge in [0.15, 0.2) is 6.17 Å². The van der Waals surface area contributed by atoms with Crippen LogP contribution in [0, 0.1) is 0 Å². The highest BCUT2D eigenvalue weighted by molar-refractivity contribution is 4.88. The van der Waals surface area contributed by atoms with Crippen molar-refractivity contribution in [3.05, 3.63) is 0 Å². The zero-order valence-corrected chi connectivity index (χ0v) is 5.89. The molecule has 0 rings (SSSR count). The van der Waals surface area contributed by atoms with Crippen molar-refractivity contribution < 1.29 is 35.1 Å². The second-order valence-corrected chi connectivity index (χ2v) is 2.19. The Labute approximate surface area is 67.5 Å². The average Bonchev–Trinajstić information content (AvgIpc) is 1.99. The van der Waals surface area contributed by atoms with Crippen molar-refractivity contribution in [3.63, 3.8) is 0 Å². The van der Waals surface area contributed by atoms with E-state index in [4.69, 9.17) is 0 Å². The fourth-order valence-corrected chi connectivity index (χ4v) is 0.462. The molecule has 2 atom stereocenters. The first-order chi connectivity index (χ1) is 5.64. The van der Waals surface area contributed by atoms with E-state index in [2.05, 4.69) is 0 Å². The van der Waals surface area contributed by atoms with E-state index in [-0.39, 0.29) is 0 Å². The molecule has 13 heavy (non-hydrogen) atoms. The SMILES string of the molecule is FCC(F)C(F)C(F)(F)C(F)(F)F. The number of halogens is 8. The highest BCUT2D eigenvalue weighted by Crippen LogP contribution is 2.41. The summed E-state index contributed by atoms with van der Waals surface area (Å²) in [4.78, 5) is 0. The van der Waals surface area contributed by atoms with Crippen molar-refractivity contribution in [2.24, 2.45) is 0 Å². The first-order valence-electron chi connectivity index (χ1n) is 2.93. The topological polar surface area (TPSA) is 0 Å². The van der Waals surface area contributed by atoms with Crippen LogP contribution >= 0.6 is 0 Å². The first-order valence-corrected chi connectivity index (χ1v) is 2.93. The molecule has 0 spiro atoms. The van der Waals surface area contributed by atoms with Gasteiger partial charge in [-0.15, -0.1) is 0 Å². The van der Waals surface area contributed by atoms with Gasteiger partial charge in [-0.05, 0) is 0 Å². The Balaban J connectivity index is 4.63. The molecule has 0 radical (unpaired) electrons. The zero-order chi connectivity index (χ0) is 10.9. The van der Waals surface area contributed by atoms with Crippen molar-refractivity contribution in [3.8, 4) is 0 Å². The second-order valence-electron chi connectivity index (χ2n) is 2.19. The van der Waals surface area contributed by atoms with Crippen molar-refractivity contribution in [2.45, 2.75) is 24.4 Å². The third-order valence-corrected chi connectivity index (χ3v) is 1.19. The van der Waals surface area contributed by atoms with Gasteiger partial charge in [-0.3, -0.25) is 0 Å². The van der Waals surface area contributed by atoms with Crippen LogP contribution in [0.4, 0.5) is 35.1 Å². The van der Waals surface area contributed by atoms with E-state index in [0.29, 0.717) is 0 Å². The third-order valence-electron chi connectivity index (χ3n) is 1.19. The van der Waals surface area contributed by atoms with Crippen molar-refractivity contribution >= 4 is 0 Å². The molecule has 0 saturated carbocycles. The van der Waals surface area contributed by atoms with Crippen LogP contribution in [0.25, 0.3) is 0 Å². The lowest BCUT2D eigenvalue weighted by Crippen LogP contribution is -2.49. The van der Waals surface area contributed by atoms with Crippen molar-refractivity contribution in [1.82, 2.24) is 0 Å². The Kier molecular flexibility index (Phi) is 3.51. The number of alkyl halides is 8. The minimum absolute atomic E-state index is 2.23. The molecule has 80 valence electrons. The maximum Gasteiger partial charge on any atom is 0.456 e. The summed E-state index contributed by atoms with van der Waals surface area (Å²) >= 11 is 0. The van der Waals surface area contributed by atoms with E-state index in [9.17, 15) is 35.1 Å².